The lowest BCUT2D eigenvalue weighted by atomic mass is 10.1. The molecule has 0 aliphatic heterocycles. The molecule has 2 N–H and O–H groups in total. The largest absolute Gasteiger partial charge is 0.479 e. The molecule has 1 aromatic carbocycles. The highest BCUT2D eigenvalue weighted by Crippen LogP contribution is 2.33. The number of aliphatic hydroxyl groups excluding tert-OH is 1. The lowest BCUT2D eigenvalue weighted by Crippen LogP contribution is -2.55. The molecule has 0 radical (unpaired) electrons. The van der Waals surface area contributed by atoms with Crippen LogP contribution in [0.25, 0.3) is 0 Å². The van der Waals surface area contributed by atoms with E-state index in [1.807, 2.05) is 0 Å². The Morgan fingerprint density at radius 1 is 1.16 bits per heavy atom. The zero-order valence-electron chi connectivity index (χ0n) is 12.2. The molecule has 0 bridgehead atoms. The second-order valence-electron chi connectivity index (χ2n) is 4.82. The summed E-state index contributed by atoms with van der Waals surface area (Å²) < 4.78 is 101. The Morgan fingerprint density at radius 3 is 2.08 bits per heavy atom. The topological polar surface area (TPSA) is 94.9 Å². The van der Waals surface area contributed by atoms with E-state index < -0.39 is 55.3 Å². The summed E-state index contributed by atoms with van der Waals surface area (Å²) in [7, 11) is -4.89. The third-order valence-electron chi connectivity index (χ3n) is 3.12. The van der Waals surface area contributed by atoms with Gasteiger partial charge in [-0.3, -0.25) is 0 Å². The van der Waals surface area contributed by atoms with Gasteiger partial charge in [-0.1, -0.05) is 6.07 Å². The molecule has 1 aromatic rings. The van der Waals surface area contributed by atoms with E-state index >= 15 is 0 Å². The summed E-state index contributed by atoms with van der Waals surface area (Å²) >= 11 is 0. The van der Waals surface area contributed by atoms with Crippen LogP contribution in [0, 0.1) is 0 Å². The van der Waals surface area contributed by atoms with Crippen LogP contribution >= 0.6 is 0 Å². The maximum atomic E-state index is 13.0. The number of hydrogen-bond donors (Lipinski definition) is 2. The molecule has 1 rings (SSSR count). The van der Waals surface area contributed by atoms with Crippen molar-refractivity contribution in [3.05, 3.63) is 29.8 Å². The minimum Gasteiger partial charge on any atom is -0.479 e. The summed E-state index contributed by atoms with van der Waals surface area (Å²) in [6, 6.07) is -1.51. The molecule has 142 valence electrons. The van der Waals surface area contributed by atoms with Crippen molar-refractivity contribution >= 4 is 16.0 Å². The number of alkyl halides is 6. The van der Waals surface area contributed by atoms with Gasteiger partial charge in [-0.15, -0.1) is 0 Å². The number of sulfonamides is 1. The average Bonchev–Trinajstić information content (AvgIpc) is 2.44. The van der Waals surface area contributed by atoms with E-state index in [2.05, 4.69) is 0 Å². The van der Waals surface area contributed by atoms with Crippen LogP contribution in [0.1, 0.15) is 5.56 Å². The average molecular weight is 395 g/mol. The Balaban J connectivity index is 3.43. The van der Waals surface area contributed by atoms with Crippen LogP contribution in [0.3, 0.4) is 0 Å². The van der Waals surface area contributed by atoms with Crippen LogP contribution in [-0.4, -0.2) is 54.3 Å². The SMILES string of the molecule is CN([C@@H]([C@@H](O)C(=O)O)C(F)(F)F)S(=O)(=O)c1cccc(C(F)(F)F)c1. The standard InChI is InChI=1S/C12H11F6NO5S/c1-19(9(12(16,17)18)8(20)10(21)22)25(23,24)7-4-2-3-6(5-7)11(13,14)15/h2-5,8-9,20H,1H3,(H,21,22)/t8-,9+/m1/s1. The molecule has 0 aliphatic rings. The quantitative estimate of drug-likeness (QED) is 0.741. The number of carboxylic acids is 1. The summed E-state index contributed by atoms with van der Waals surface area (Å²) in [6.45, 7) is 0. The molecule has 13 heteroatoms. The van der Waals surface area contributed by atoms with Crippen LogP contribution in [-0.2, 0) is 21.0 Å². The first-order chi connectivity index (χ1) is 11.1. The first-order valence-electron chi connectivity index (χ1n) is 6.23. The first-order valence-corrected chi connectivity index (χ1v) is 7.67. The van der Waals surface area contributed by atoms with E-state index in [9.17, 15) is 44.7 Å². The predicted molar refractivity (Wildman–Crippen MR) is 69.9 cm³/mol. The van der Waals surface area contributed by atoms with Crippen molar-refractivity contribution in [3.8, 4) is 0 Å². The van der Waals surface area contributed by atoms with Crippen molar-refractivity contribution in [3.63, 3.8) is 0 Å². The fraction of sp³-hybridized carbons (Fsp3) is 0.417. The van der Waals surface area contributed by atoms with Gasteiger partial charge in [0.05, 0.1) is 10.5 Å². The fourth-order valence-electron chi connectivity index (χ4n) is 1.87. The molecule has 0 fully saturated rings. The number of nitrogens with zero attached hydrogens (tertiary/aromatic N) is 1. The molecule has 0 spiro atoms. The number of likely N-dealkylation sites (N-methyl/N-ethyl adjacent to an activating group) is 1. The Hall–Kier alpha value is -1.86. The van der Waals surface area contributed by atoms with Gasteiger partial charge >= 0.3 is 18.3 Å². The van der Waals surface area contributed by atoms with Gasteiger partial charge < -0.3 is 10.2 Å². The molecular formula is C12H11F6NO5S. The lowest BCUT2D eigenvalue weighted by molar-refractivity contribution is -0.200. The number of hydrogen-bond acceptors (Lipinski definition) is 4. The fourth-order valence-corrected chi connectivity index (χ4v) is 3.26. The Bertz CT molecular complexity index is 745. The van der Waals surface area contributed by atoms with E-state index in [0.717, 1.165) is 0 Å². The third-order valence-corrected chi connectivity index (χ3v) is 4.95. The minimum atomic E-state index is -5.50. The second-order valence-corrected chi connectivity index (χ2v) is 6.81. The number of halogens is 6. The van der Waals surface area contributed by atoms with Gasteiger partial charge in [0, 0.05) is 7.05 Å². The van der Waals surface area contributed by atoms with Crippen LogP contribution in [0.2, 0.25) is 0 Å². The second kappa shape index (κ2) is 6.80. The van der Waals surface area contributed by atoms with Crippen LogP contribution in [0.4, 0.5) is 26.3 Å². The van der Waals surface area contributed by atoms with Crippen molar-refractivity contribution in [2.75, 3.05) is 7.05 Å². The van der Waals surface area contributed by atoms with E-state index in [-0.39, 0.29) is 6.07 Å². The van der Waals surface area contributed by atoms with Crippen LogP contribution in [0.5, 0.6) is 0 Å². The van der Waals surface area contributed by atoms with Crippen LogP contribution in [0.15, 0.2) is 29.2 Å². The van der Waals surface area contributed by atoms with Gasteiger partial charge in [0.1, 0.15) is 0 Å². The van der Waals surface area contributed by atoms with Gasteiger partial charge in [0.2, 0.25) is 10.0 Å². The van der Waals surface area contributed by atoms with Crippen molar-refractivity contribution in [1.82, 2.24) is 4.31 Å². The summed E-state index contributed by atoms with van der Waals surface area (Å²) in [5.74, 6) is -2.35. The Labute approximate surface area is 137 Å². The zero-order valence-corrected chi connectivity index (χ0v) is 13.0. The first kappa shape index (κ1) is 21.2. The van der Waals surface area contributed by atoms with Gasteiger partial charge in [-0.05, 0) is 18.2 Å². The maximum Gasteiger partial charge on any atom is 0.416 e. The van der Waals surface area contributed by atoms with Crippen molar-refractivity contribution in [1.29, 1.82) is 0 Å². The predicted octanol–water partition coefficient (Wildman–Crippen LogP) is 1.70. The summed E-state index contributed by atoms with van der Waals surface area (Å²) in [5.41, 5.74) is -1.43. The van der Waals surface area contributed by atoms with Crippen molar-refractivity contribution in [2.45, 2.75) is 29.4 Å². The number of benzene rings is 1. The van der Waals surface area contributed by atoms with Crippen LogP contribution < -0.4 is 0 Å². The molecule has 25 heavy (non-hydrogen) atoms. The van der Waals surface area contributed by atoms with Gasteiger partial charge in [-0.25, -0.2) is 13.2 Å². The molecule has 6 nitrogen and oxygen atoms in total. The highest BCUT2D eigenvalue weighted by atomic mass is 32.2. The molecule has 0 aromatic heterocycles. The summed E-state index contributed by atoms with van der Waals surface area (Å²) in [5, 5.41) is 17.7. The number of aliphatic carboxylic acids is 1. The minimum absolute atomic E-state index is 0.104. The molecule has 0 amide bonds. The number of carboxylic acid groups (broad SMARTS) is 1. The third kappa shape index (κ3) is 4.61. The van der Waals surface area contributed by atoms with E-state index in [1.54, 1.807) is 0 Å². The van der Waals surface area contributed by atoms with Crippen molar-refractivity contribution in [2.24, 2.45) is 0 Å². The highest BCUT2D eigenvalue weighted by molar-refractivity contribution is 7.89. The number of rotatable bonds is 5. The summed E-state index contributed by atoms with van der Waals surface area (Å²) in [4.78, 5) is 9.48. The van der Waals surface area contributed by atoms with E-state index in [1.165, 1.54) is 0 Å². The molecule has 0 heterocycles. The number of aliphatic hydroxyl groups is 1. The highest BCUT2D eigenvalue weighted by Gasteiger charge is 2.53. The zero-order chi connectivity index (χ0) is 19.8. The Kier molecular flexibility index (Phi) is 5.76. The molecule has 0 saturated heterocycles. The van der Waals surface area contributed by atoms with E-state index in [0.29, 0.717) is 25.2 Å². The monoisotopic (exact) mass is 395 g/mol. The summed E-state index contributed by atoms with van der Waals surface area (Å²) in [6.07, 6.45) is -13.6. The smallest absolute Gasteiger partial charge is 0.416 e. The van der Waals surface area contributed by atoms with Gasteiger partial charge in [0.15, 0.2) is 12.1 Å². The molecule has 0 saturated carbocycles. The molecule has 2 atom stereocenters. The maximum absolute atomic E-state index is 13.0. The van der Waals surface area contributed by atoms with Gasteiger partial charge in [-0.2, -0.15) is 30.6 Å². The molecular weight excluding hydrogens is 384 g/mol. The van der Waals surface area contributed by atoms with Crippen molar-refractivity contribution < 1.29 is 49.8 Å². The van der Waals surface area contributed by atoms with E-state index in [4.69, 9.17) is 5.11 Å². The normalized spacial score (nSPS) is 15.9. The number of carbonyl (C=O) groups is 1. The Morgan fingerprint density at radius 2 is 1.68 bits per heavy atom. The lowest BCUT2D eigenvalue weighted by Gasteiger charge is -2.30. The van der Waals surface area contributed by atoms with Gasteiger partial charge in [0.25, 0.3) is 0 Å². The molecule has 0 unspecified atom stereocenters. The molecule has 0 aliphatic carbocycles.